The number of benzene rings is 2. The van der Waals surface area contributed by atoms with Crippen LogP contribution in [0.25, 0.3) is 10.9 Å². The number of halogens is 4. The zero-order valence-electron chi connectivity index (χ0n) is 20.2. The van der Waals surface area contributed by atoms with Crippen molar-refractivity contribution in [1.29, 1.82) is 0 Å². The van der Waals surface area contributed by atoms with Crippen LogP contribution in [0.15, 0.2) is 77.8 Å². The lowest BCUT2D eigenvalue weighted by atomic mass is 10.1. The van der Waals surface area contributed by atoms with Crippen LogP contribution in [-0.4, -0.2) is 55.6 Å². The van der Waals surface area contributed by atoms with Gasteiger partial charge in [0.25, 0.3) is 10.0 Å². The van der Waals surface area contributed by atoms with Gasteiger partial charge in [-0.05, 0) is 54.6 Å². The van der Waals surface area contributed by atoms with Crippen LogP contribution in [-0.2, 0) is 10.0 Å². The number of carboxylic acid groups (broad SMARTS) is 1. The molecule has 0 bridgehead atoms. The predicted octanol–water partition coefficient (Wildman–Crippen LogP) is 4.86. The van der Waals surface area contributed by atoms with Gasteiger partial charge in [-0.25, -0.2) is 27.6 Å². The minimum atomic E-state index is -4.07. The van der Waals surface area contributed by atoms with Crippen molar-refractivity contribution in [2.24, 2.45) is 0 Å². The maximum absolute atomic E-state index is 13.5. The highest BCUT2D eigenvalue weighted by molar-refractivity contribution is 7.92. The van der Waals surface area contributed by atoms with Gasteiger partial charge in [0, 0.05) is 43.4 Å². The van der Waals surface area contributed by atoms with Gasteiger partial charge in [-0.3, -0.25) is 4.72 Å². The van der Waals surface area contributed by atoms with E-state index in [1.54, 1.807) is 12.3 Å². The second-order valence-corrected chi connectivity index (χ2v) is 9.97. The Balaban J connectivity index is 0.00000178. The zero-order valence-corrected chi connectivity index (χ0v) is 23.5. The minimum absolute atomic E-state index is 0. The van der Waals surface area contributed by atoms with E-state index in [2.05, 4.69) is 19.6 Å². The summed E-state index contributed by atoms with van der Waals surface area (Å²) in [5.74, 6) is -0.403. The Morgan fingerprint density at radius 1 is 0.872 bits per heavy atom. The van der Waals surface area contributed by atoms with Crippen LogP contribution in [0.3, 0.4) is 0 Å². The molecule has 14 heteroatoms. The first-order valence-corrected chi connectivity index (χ1v) is 12.7. The van der Waals surface area contributed by atoms with Gasteiger partial charge in [-0.2, -0.15) is 0 Å². The molecular formula is C25H25Cl3FN5O4S. The smallest absolute Gasteiger partial charge is 0.336 e. The Morgan fingerprint density at radius 2 is 1.56 bits per heavy atom. The van der Waals surface area contributed by atoms with Gasteiger partial charge < -0.3 is 14.9 Å². The average Bonchev–Trinajstić information content (AvgIpc) is 2.88. The number of nitrogens with zero attached hydrogens (tertiary/aromatic N) is 4. The Morgan fingerprint density at radius 3 is 2.18 bits per heavy atom. The van der Waals surface area contributed by atoms with Gasteiger partial charge in [0.05, 0.1) is 16.0 Å². The first-order valence-electron chi connectivity index (χ1n) is 11.2. The maximum atomic E-state index is 13.5. The quantitative estimate of drug-likeness (QED) is 0.316. The molecule has 9 nitrogen and oxygen atoms in total. The highest BCUT2D eigenvalue weighted by atomic mass is 35.5. The summed E-state index contributed by atoms with van der Waals surface area (Å²) in [7, 11) is -4.07. The Kier molecular flexibility index (Phi) is 10.7. The van der Waals surface area contributed by atoms with Crippen LogP contribution >= 0.6 is 37.2 Å². The van der Waals surface area contributed by atoms with Crippen LogP contribution < -0.4 is 14.5 Å². The van der Waals surface area contributed by atoms with Crippen molar-refractivity contribution in [3.05, 3.63) is 84.3 Å². The van der Waals surface area contributed by atoms with E-state index in [0.29, 0.717) is 37.5 Å². The van der Waals surface area contributed by atoms with Gasteiger partial charge in [0.1, 0.15) is 17.5 Å². The number of aromatic carboxylic acids is 1. The van der Waals surface area contributed by atoms with Gasteiger partial charge >= 0.3 is 5.97 Å². The summed E-state index contributed by atoms with van der Waals surface area (Å²) >= 11 is 0. The SMILES string of the molecule is Cl.Cl.Cl.O=C(O)c1cc(N2CCN(c3ccccn3)CC2)nc2ccc(NS(=O)(=O)c3cccc(F)c3)cc12. The molecule has 5 rings (SSSR count). The van der Waals surface area contributed by atoms with Crippen molar-refractivity contribution in [2.75, 3.05) is 40.7 Å². The molecule has 1 aliphatic rings. The molecule has 1 fully saturated rings. The van der Waals surface area contributed by atoms with Crippen LogP contribution in [0.5, 0.6) is 0 Å². The molecule has 0 spiro atoms. The summed E-state index contributed by atoms with van der Waals surface area (Å²) in [6, 6.07) is 16.4. The first kappa shape index (κ1) is 31.8. The molecule has 39 heavy (non-hydrogen) atoms. The van der Waals surface area contributed by atoms with Crippen molar-refractivity contribution in [2.45, 2.75) is 4.90 Å². The van der Waals surface area contributed by atoms with E-state index in [0.717, 1.165) is 18.0 Å². The van der Waals surface area contributed by atoms with Crippen LogP contribution in [0.1, 0.15) is 10.4 Å². The molecule has 0 aliphatic carbocycles. The molecular weight excluding hydrogens is 592 g/mol. The number of pyridine rings is 2. The average molecular weight is 617 g/mol. The fourth-order valence-electron chi connectivity index (χ4n) is 4.17. The third-order valence-corrected chi connectivity index (χ3v) is 7.34. The molecule has 0 radical (unpaired) electrons. The van der Waals surface area contributed by atoms with E-state index < -0.39 is 21.8 Å². The molecule has 2 aromatic heterocycles. The number of rotatable bonds is 6. The van der Waals surface area contributed by atoms with E-state index in [-0.39, 0.29) is 58.8 Å². The fourth-order valence-corrected chi connectivity index (χ4v) is 5.25. The third kappa shape index (κ3) is 6.99. The van der Waals surface area contributed by atoms with Crippen molar-refractivity contribution in [1.82, 2.24) is 9.97 Å². The normalized spacial score (nSPS) is 13.1. The number of carbonyl (C=O) groups is 1. The van der Waals surface area contributed by atoms with E-state index in [1.165, 1.54) is 30.3 Å². The molecule has 0 amide bonds. The topological polar surface area (TPSA) is 116 Å². The molecule has 4 aromatic rings. The monoisotopic (exact) mass is 615 g/mol. The number of carboxylic acids is 1. The van der Waals surface area contributed by atoms with E-state index >= 15 is 0 Å². The number of piperazine rings is 1. The number of sulfonamides is 1. The van der Waals surface area contributed by atoms with Gasteiger partial charge in [0.2, 0.25) is 0 Å². The second-order valence-electron chi connectivity index (χ2n) is 8.29. The highest BCUT2D eigenvalue weighted by Crippen LogP contribution is 2.28. The molecule has 2 aromatic carbocycles. The van der Waals surface area contributed by atoms with Crippen molar-refractivity contribution >= 4 is 81.4 Å². The van der Waals surface area contributed by atoms with Crippen LogP contribution in [0.4, 0.5) is 21.7 Å². The molecule has 0 unspecified atom stereocenters. The summed E-state index contributed by atoms with van der Waals surface area (Å²) in [6.07, 6.45) is 1.75. The summed E-state index contributed by atoms with van der Waals surface area (Å²) in [5.41, 5.74) is 0.576. The number of nitrogens with one attached hydrogen (secondary N) is 1. The van der Waals surface area contributed by atoms with E-state index in [1.807, 2.05) is 23.1 Å². The number of aromatic nitrogens is 2. The summed E-state index contributed by atoms with van der Waals surface area (Å²) in [6.45, 7) is 2.69. The summed E-state index contributed by atoms with van der Waals surface area (Å²) in [4.78, 5) is 25.1. The molecule has 208 valence electrons. The largest absolute Gasteiger partial charge is 0.478 e. The molecule has 3 heterocycles. The summed E-state index contributed by atoms with van der Waals surface area (Å²) in [5, 5.41) is 10.2. The predicted molar refractivity (Wildman–Crippen MR) is 156 cm³/mol. The zero-order chi connectivity index (χ0) is 25.3. The third-order valence-electron chi connectivity index (χ3n) is 5.96. The fraction of sp³-hybridized carbons (Fsp3) is 0.160. The molecule has 0 atom stereocenters. The van der Waals surface area contributed by atoms with Crippen LogP contribution in [0, 0.1) is 5.82 Å². The summed E-state index contributed by atoms with van der Waals surface area (Å²) < 4.78 is 41.2. The Hall–Kier alpha value is -3.38. The highest BCUT2D eigenvalue weighted by Gasteiger charge is 2.22. The standard InChI is InChI=1S/C25H22FN5O4S.3ClH/c26-17-4-3-5-19(14-17)36(34,35)29-18-7-8-22-20(15-18)21(25(32)33)16-24(28-22)31-12-10-30(11-13-31)23-6-1-2-9-27-23;;;/h1-9,14-16,29H,10-13H2,(H,32,33);3*1H. The van der Waals surface area contributed by atoms with E-state index in [4.69, 9.17) is 0 Å². The lowest BCUT2D eigenvalue weighted by molar-refractivity contribution is 0.0699. The molecule has 1 aliphatic heterocycles. The van der Waals surface area contributed by atoms with Crippen molar-refractivity contribution < 1.29 is 22.7 Å². The molecule has 2 N–H and O–H groups in total. The number of fused-ring (bicyclic) bond motifs is 1. The lowest BCUT2D eigenvalue weighted by Gasteiger charge is -2.36. The maximum Gasteiger partial charge on any atom is 0.336 e. The van der Waals surface area contributed by atoms with Gasteiger partial charge in [0.15, 0.2) is 0 Å². The first-order chi connectivity index (χ1) is 17.3. The van der Waals surface area contributed by atoms with Crippen LogP contribution in [0.2, 0.25) is 0 Å². The molecule has 0 saturated carbocycles. The molecule has 1 saturated heterocycles. The minimum Gasteiger partial charge on any atom is -0.478 e. The number of hydrogen-bond donors (Lipinski definition) is 2. The van der Waals surface area contributed by atoms with Crippen molar-refractivity contribution in [3.8, 4) is 0 Å². The number of hydrogen-bond acceptors (Lipinski definition) is 7. The second kappa shape index (κ2) is 13.1. The van der Waals surface area contributed by atoms with Gasteiger partial charge in [-0.1, -0.05) is 12.1 Å². The van der Waals surface area contributed by atoms with Crippen molar-refractivity contribution in [3.63, 3.8) is 0 Å². The van der Waals surface area contributed by atoms with Gasteiger partial charge in [-0.15, -0.1) is 37.2 Å². The van der Waals surface area contributed by atoms with E-state index in [9.17, 15) is 22.7 Å². The Labute approximate surface area is 243 Å². The number of anilines is 3. The lowest BCUT2D eigenvalue weighted by Crippen LogP contribution is -2.47. The Bertz CT molecular complexity index is 1560.